The van der Waals surface area contributed by atoms with Crippen molar-refractivity contribution < 1.29 is 4.79 Å². The van der Waals surface area contributed by atoms with Crippen LogP contribution in [0, 0.1) is 13.8 Å². The number of carbonyl (C=O) groups excluding carboxylic acids is 1. The largest absolute Gasteiger partial charge is 0.368 e. The quantitative estimate of drug-likeness (QED) is 0.753. The highest BCUT2D eigenvalue weighted by Gasteiger charge is 2.22. The van der Waals surface area contributed by atoms with Crippen molar-refractivity contribution in [1.29, 1.82) is 0 Å². The monoisotopic (exact) mass is 380 g/mol. The van der Waals surface area contributed by atoms with E-state index in [9.17, 15) is 4.79 Å². The Labute approximate surface area is 166 Å². The van der Waals surface area contributed by atoms with Crippen molar-refractivity contribution in [3.8, 4) is 0 Å². The molecule has 2 aromatic rings. The molecule has 2 aliphatic rings. The molecule has 7 heteroatoms. The molecule has 0 bridgehead atoms. The lowest BCUT2D eigenvalue weighted by Gasteiger charge is -2.37. The predicted octanol–water partition coefficient (Wildman–Crippen LogP) is 1.70. The molecule has 7 nitrogen and oxygen atoms in total. The van der Waals surface area contributed by atoms with Crippen molar-refractivity contribution in [3.05, 3.63) is 41.6 Å². The van der Waals surface area contributed by atoms with E-state index in [4.69, 9.17) is 4.98 Å². The fourth-order valence-electron chi connectivity index (χ4n) is 3.89. The smallest absolute Gasteiger partial charge is 0.227 e. The van der Waals surface area contributed by atoms with Gasteiger partial charge in [-0.2, -0.15) is 4.98 Å². The average Bonchev–Trinajstić information content (AvgIpc) is 2.73. The van der Waals surface area contributed by atoms with Gasteiger partial charge in [-0.15, -0.1) is 0 Å². The van der Waals surface area contributed by atoms with Crippen LogP contribution in [0.3, 0.4) is 0 Å². The number of anilines is 3. The van der Waals surface area contributed by atoms with E-state index in [-0.39, 0.29) is 0 Å². The van der Waals surface area contributed by atoms with Crippen molar-refractivity contribution in [1.82, 2.24) is 14.9 Å². The topological polar surface area (TPSA) is 55.8 Å². The van der Waals surface area contributed by atoms with E-state index in [0.717, 1.165) is 76.2 Å². The predicted molar refractivity (Wildman–Crippen MR) is 112 cm³/mol. The third-order valence-corrected chi connectivity index (χ3v) is 5.55. The summed E-state index contributed by atoms with van der Waals surface area (Å²) in [5, 5.41) is 0. The summed E-state index contributed by atoms with van der Waals surface area (Å²) in [6.45, 7) is 11.0. The third kappa shape index (κ3) is 4.03. The van der Waals surface area contributed by atoms with E-state index in [1.54, 1.807) is 4.90 Å². The second kappa shape index (κ2) is 8.04. The average molecular weight is 380 g/mol. The molecule has 1 aromatic carbocycles. The molecule has 3 heterocycles. The minimum Gasteiger partial charge on any atom is -0.368 e. The summed E-state index contributed by atoms with van der Waals surface area (Å²) < 4.78 is 0. The van der Waals surface area contributed by atoms with Gasteiger partial charge in [0, 0.05) is 69.8 Å². The van der Waals surface area contributed by atoms with Crippen molar-refractivity contribution in [2.75, 3.05) is 67.1 Å². The highest BCUT2D eigenvalue weighted by atomic mass is 16.1. The summed E-state index contributed by atoms with van der Waals surface area (Å²) >= 11 is 0. The maximum atomic E-state index is 10.9. The Kier molecular flexibility index (Phi) is 5.32. The fraction of sp³-hybridized carbons (Fsp3) is 0.476. The van der Waals surface area contributed by atoms with Gasteiger partial charge in [0.05, 0.1) is 0 Å². The Balaban J connectivity index is 1.44. The standard InChI is InChI=1S/C21H28N6O/c1-17-4-3-5-19(14-17)25-10-12-26(13-11-25)20-15-18(2)22-21(23-20)27-8-6-24(16-28)7-9-27/h3-5,14-16H,6-13H2,1-2H3. The molecule has 0 N–H and O–H groups in total. The van der Waals surface area contributed by atoms with E-state index in [2.05, 4.69) is 56.9 Å². The van der Waals surface area contributed by atoms with E-state index in [1.807, 2.05) is 6.92 Å². The van der Waals surface area contributed by atoms with Crippen LogP contribution in [0.15, 0.2) is 30.3 Å². The fourth-order valence-corrected chi connectivity index (χ4v) is 3.89. The third-order valence-electron chi connectivity index (χ3n) is 5.55. The maximum absolute atomic E-state index is 10.9. The van der Waals surface area contributed by atoms with Gasteiger partial charge in [-0.05, 0) is 31.5 Å². The number of hydrogen-bond acceptors (Lipinski definition) is 6. The van der Waals surface area contributed by atoms with E-state index in [1.165, 1.54) is 11.3 Å². The Morgan fingerprint density at radius 1 is 0.821 bits per heavy atom. The molecule has 28 heavy (non-hydrogen) atoms. The molecule has 0 saturated carbocycles. The summed E-state index contributed by atoms with van der Waals surface area (Å²) in [4.78, 5) is 29.2. The van der Waals surface area contributed by atoms with Crippen molar-refractivity contribution >= 4 is 23.9 Å². The molecular weight excluding hydrogens is 352 g/mol. The van der Waals surface area contributed by atoms with Crippen LogP contribution in [0.2, 0.25) is 0 Å². The minimum atomic E-state index is 0.727. The van der Waals surface area contributed by atoms with Crippen LogP contribution in [-0.4, -0.2) is 73.6 Å². The number of rotatable bonds is 4. The second-order valence-electron chi connectivity index (χ2n) is 7.61. The molecule has 1 aromatic heterocycles. The molecule has 0 atom stereocenters. The van der Waals surface area contributed by atoms with Crippen molar-refractivity contribution in [3.63, 3.8) is 0 Å². The molecule has 0 aliphatic carbocycles. The van der Waals surface area contributed by atoms with Gasteiger partial charge in [0.2, 0.25) is 12.4 Å². The lowest BCUT2D eigenvalue weighted by molar-refractivity contribution is -0.118. The van der Waals surface area contributed by atoms with Crippen LogP contribution in [0.1, 0.15) is 11.3 Å². The van der Waals surface area contributed by atoms with E-state index < -0.39 is 0 Å². The Morgan fingerprint density at radius 2 is 1.50 bits per heavy atom. The molecule has 1 amide bonds. The Morgan fingerprint density at radius 3 is 2.18 bits per heavy atom. The number of carbonyl (C=O) groups is 1. The number of aryl methyl sites for hydroxylation is 2. The first kappa shape index (κ1) is 18.5. The lowest BCUT2D eigenvalue weighted by atomic mass is 10.2. The zero-order valence-corrected chi connectivity index (χ0v) is 16.7. The number of aromatic nitrogens is 2. The first-order valence-electron chi connectivity index (χ1n) is 9.99. The van der Waals surface area contributed by atoms with Crippen molar-refractivity contribution in [2.24, 2.45) is 0 Å². The van der Waals surface area contributed by atoms with Gasteiger partial charge in [-0.1, -0.05) is 12.1 Å². The van der Waals surface area contributed by atoms with Gasteiger partial charge in [0.1, 0.15) is 5.82 Å². The number of benzene rings is 1. The van der Waals surface area contributed by atoms with Gasteiger partial charge < -0.3 is 19.6 Å². The lowest BCUT2D eigenvalue weighted by Crippen LogP contribution is -2.48. The van der Waals surface area contributed by atoms with Crippen LogP contribution >= 0.6 is 0 Å². The summed E-state index contributed by atoms with van der Waals surface area (Å²) in [5.74, 6) is 1.78. The zero-order valence-electron chi connectivity index (χ0n) is 16.7. The van der Waals surface area contributed by atoms with E-state index >= 15 is 0 Å². The molecule has 0 unspecified atom stereocenters. The zero-order chi connectivity index (χ0) is 19.5. The summed E-state index contributed by atoms with van der Waals surface area (Å²) in [7, 11) is 0. The van der Waals surface area contributed by atoms with Crippen molar-refractivity contribution in [2.45, 2.75) is 13.8 Å². The molecule has 2 aliphatic heterocycles. The SMILES string of the molecule is Cc1cccc(N2CCN(c3cc(C)nc(N4CCN(C=O)CC4)n3)CC2)c1. The number of amides is 1. The van der Waals surface area contributed by atoms with Crippen LogP contribution in [-0.2, 0) is 4.79 Å². The summed E-state index contributed by atoms with van der Waals surface area (Å²) in [6, 6.07) is 10.8. The highest BCUT2D eigenvalue weighted by molar-refractivity contribution is 5.53. The van der Waals surface area contributed by atoms with Gasteiger partial charge in [-0.25, -0.2) is 4.98 Å². The van der Waals surface area contributed by atoms with Gasteiger partial charge in [0.15, 0.2) is 0 Å². The van der Waals surface area contributed by atoms with Crippen LogP contribution in [0.25, 0.3) is 0 Å². The first-order chi connectivity index (χ1) is 13.6. The molecule has 0 radical (unpaired) electrons. The van der Waals surface area contributed by atoms with Crippen LogP contribution in [0.5, 0.6) is 0 Å². The number of nitrogens with zero attached hydrogens (tertiary/aromatic N) is 6. The Bertz CT molecular complexity index is 825. The van der Waals surface area contributed by atoms with Gasteiger partial charge in [-0.3, -0.25) is 4.79 Å². The molecule has 4 rings (SSSR count). The molecule has 0 spiro atoms. The van der Waals surface area contributed by atoms with Crippen LogP contribution in [0.4, 0.5) is 17.5 Å². The molecular formula is C21H28N6O. The summed E-state index contributed by atoms with van der Waals surface area (Å²) in [5.41, 5.74) is 3.58. The highest BCUT2D eigenvalue weighted by Crippen LogP contribution is 2.22. The maximum Gasteiger partial charge on any atom is 0.227 e. The molecule has 148 valence electrons. The number of piperazine rings is 2. The van der Waals surface area contributed by atoms with Gasteiger partial charge in [0.25, 0.3) is 0 Å². The second-order valence-corrected chi connectivity index (χ2v) is 7.61. The molecule has 2 fully saturated rings. The van der Waals surface area contributed by atoms with Gasteiger partial charge >= 0.3 is 0 Å². The van der Waals surface area contributed by atoms with Crippen LogP contribution < -0.4 is 14.7 Å². The first-order valence-corrected chi connectivity index (χ1v) is 9.99. The Hall–Kier alpha value is -2.83. The normalized spacial score (nSPS) is 17.8. The summed E-state index contributed by atoms with van der Waals surface area (Å²) in [6.07, 6.45) is 0.924. The number of hydrogen-bond donors (Lipinski definition) is 0. The molecule has 2 saturated heterocycles. The minimum absolute atomic E-state index is 0.727. The van der Waals surface area contributed by atoms with E-state index in [0.29, 0.717) is 0 Å².